The molecule has 0 aliphatic heterocycles. The summed E-state index contributed by atoms with van der Waals surface area (Å²) in [4.78, 5) is 28.6. The average Bonchev–Trinajstić information content (AvgIpc) is 2.95. The third kappa shape index (κ3) is 7.86. The second-order valence-corrected chi connectivity index (χ2v) is 12.5. The van der Waals surface area contributed by atoms with Crippen molar-refractivity contribution in [3.8, 4) is 0 Å². The summed E-state index contributed by atoms with van der Waals surface area (Å²) in [7, 11) is -4.10. The maximum absolute atomic E-state index is 14.0. The molecule has 214 valence electrons. The predicted molar refractivity (Wildman–Crippen MR) is 161 cm³/mol. The van der Waals surface area contributed by atoms with E-state index in [0.29, 0.717) is 10.7 Å². The number of amides is 2. The van der Waals surface area contributed by atoms with E-state index < -0.39 is 28.5 Å². The number of nitrogens with zero attached hydrogens (tertiary/aromatic N) is 2. The minimum absolute atomic E-state index is 0.0718. The van der Waals surface area contributed by atoms with Gasteiger partial charge >= 0.3 is 0 Å². The van der Waals surface area contributed by atoms with E-state index in [1.54, 1.807) is 61.5 Å². The van der Waals surface area contributed by atoms with Gasteiger partial charge in [-0.15, -0.1) is 0 Å². The third-order valence-corrected chi connectivity index (χ3v) is 8.93. The Bertz CT molecular complexity index is 1380. The van der Waals surface area contributed by atoms with Crippen LogP contribution in [-0.2, 0) is 26.2 Å². The number of hydrogen-bond donors (Lipinski definition) is 1. The second-order valence-electron chi connectivity index (χ2n) is 10.2. The number of anilines is 1. The molecule has 3 aromatic rings. The highest BCUT2D eigenvalue weighted by Crippen LogP contribution is 2.26. The van der Waals surface area contributed by atoms with Crippen molar-refractivity contribution in [2.24, 2.45) is 0 Å². The van der Waals surface area contributed by atoms with Crippen LogP contribution in [0.5, 0.6) is 0 Å². The molecule has 3 aromatic carbocycles. The summed E-state index contributed by atoms with van der Waals surface area (Å²) in [6.45, 7) is 9.24. The Morgan fingerprint density at radius 3 is 2.02 bits per heavy atom. The third-order valence-electron chi connectivity index (χ3n) is 6.89. The number of sulfonamides is 1. The van der Waals surface area contributed by atoms with Gasteiger partial charge in [-0.3, -0.25) is 13.9 Å². The van der Waals surface area contributed by atoms with Gasteiger partial charge in [-0.05, 0) is 73.7 Å². The minimum atomic E-state index is -4.10. The SMILES string of the molecule is CC[C@@H](C)NC(=O)[C@@H](C)N(Cc1ccc(Cl)cc1)C(=O)CN(c1ccc(C(C)C)cc1)S(=O)(=O)c1ccccc1. The molecule has 0 saturated carbocycles. The molecule has 9 heteroatoms. The largest absolute Gasteiger partial charge is 0.352 e. The first-order chi connectivity index (χ1) is 18.9. The van der Waals surface area contributed by atoms with E-state index in [4.69, 9.17) is 11.6 Å². The monoisotopic (exact) mass is 583 g/mol. The van der Waals surface area contributed by atoms with Crippen molar-refractivity contribution in [1.29, 1.82) is 0 Å². The summed E-state index contributed by atoms with van der Waals surface area (Å²) in [5, 5.41) is 3.48. The molecule has 1 N–H and O–H groups in total. The first kappa shape index (κ1) is 31.2. The number of halogens is 1. The highest BCUT2D eigenvalue weighted by Gasteiger charge is 2.32. The van der Waals surface area contributed by atoms with Crippen LogP contribution in [0.25, 0.3) is 0 Å². The lowest BCUT2D eigenvalue weighted by Gasteiger charge is -2.32. The maximum Gasteiger partial charge on any atom is 0.264 e. The van der Waals surface area contributed by atoms with Crippen molar-refractivity contribution in [2.75, 3.05) is 10.8 Å². The molecule has 0 heterocycles. The fourth-order valence-corrected chi connectivity index (χ4v) is 5.67. The average molecular weight is 584 g/mol. The topological polar surface area (TPSA) is 86.8 Å². The lowest BCUT2D eigenvalue weighted by atomic mass is 10.0. The van der Waals surface area contributed by atoms with Gasteiger partial charge in [0.25, 0.3) is 10.0 Å². The van der Waals surface area contributed by atoms with Gasteiger partial charge in [0.15, 0.2) is 0 Å². The first-order valence-corrected chi connectivity index (χ1v) is 15.3. The van der Waals surface area contributed by atoms with Crippen LogP contribution >= 0.6 is 11.6 Å². The Kier molecular flexibility index (Phi) is 10.8. The zero-order chi connectivity index (χ0) is 29.4. The van der Waals surface area contributed by atoms with Crippen LogP contribution in [0.2, 0.25) is 5.02 Å². The van der Waals surface area contributed by atoms with Gasteiger partial charge < -0.3 is 10.2 Å². The van der Waals surface area contributed by atoms with Gasteiger partial charge in [0.2, 0.25) is 11.8 Å². The Hall–Kier alpha value is -3.36. The minimum Gasteiger partial charge on any atom is -0.352 e. The predicted octanol–water partition coefficient (Wildman–Crippen LogP) is 5.99. The summed E-state index contributed by atoms with van der Waals surface area (Å²) in [5.41, 5.74) is 2.18. The van der Waals surface area contributed by atoms with Gasteiger partial charge in [-0.25, -0.2) is 8.42 Å². The fraction of sp³-hybridized carbons (Fsp3) is 0.355. The number of carbonyl (C=O) groups excluding carboxylic acids is 2. The van der Waals surface area contributed by atoms with E-state index in [-0.39, 0.29) is 29.3 Å². The standard InChI is InChI=1S/C31H38ClN3O4S/c1-6-23(4)33-31(37)24(5)34(20-25-12-16-27(32)17-13-25)30(36)21-35(28-18-14-26(15-19-28)22(2)3)40(38,39)29-10-8-7-9-11-29/h7-19,22-24H,6,20-21H2,1-5H3,(H,33,37)/t23-,24-/m1/s1. The van der Waals surface area contributed by atoms with Crippen molar-refractivity contribution >= 4 is 39.1 Å². The molecule has 0 unspecified atom stereocenters. The van der Waals surface area contributed by atoms with Gasteiger partial charge in [0, 0.05) is 17.6 Å². The van der Waals surface area contributed by atoms with Crippen LogP contribution in [0.15, 0.2) is 83.8 Å². The van der Waals surface area contributed by atoms with Gasteiger partial charge in [0.1, 0.15) is 12.6 Å². The van der Waals surface area contributed by atoms with E-state index >= 15 is 0 Å². The molecule has 3 rings (SSSR count). The van der Waals surface area contributed by atoms with Crippen molar-refractivity contribution in [2.45, 2.75) is 70.5 Å². The van der Waals surface area contributed by atoms with E-state index in [1.165, 1.54) is 17.0 Å². The Balaban J connectivity index is 2.02. The molecule has 2 amide bonds. The highest BCUT2D eigenvalue weighted by molar-refractivity contribution is 7.92. The molecule has 0 spiro atoms. The van der Waals surface area contributed by atoms with Gasteiger partial charge in [0.05, 0.1) is 10.6 Å². The zero-order valence-electron chi connectivity index (χ0n) is 23.7. The summed E-state index contributed by atoms with van der Waals surface area (Å²) in [6, 6.07) is 21.3. The number of carbonyl (C=O) groups is 2. The Labute approximate surface area is 243 Å². The van der Waals surface area contributed by atoms with Gasteiger partial charge in [-0.2, -0.15) is 0 Å². The Morgan fingerprint density at radius 2 is 1.48 bits per heavy atom. The van der Waals surface area contributed by atoms with Crippen molar-refractivity contribution < 1.29 is 18.0 Å². The molecule has 2 atom stereocenters. The summed E-state index contributed by atoms with van der Waals surface area (Å²) >= 11 is 6.05. The van der Waals surface area contributed by atoms with Gasteiger partial charge in [-0.1, -0.05) is 74.8 Å². The first-order valence-electron chi connectivity index (χ1n) is 13.5. The Morgan fingerprint density at radius 1 is 0.875 bits per heavy atom. The summed E-state index contributed by atoms with van der Waals surface area (Å²) in [6.07, 6.45) is 0.735. The van der Waals surface area contributed by atoms with Crippen molar-refractivity contribution in [3.05, 3.63) is 95.0 Å². The molecule has 0 radical (unpaired) electrons. The smallest absolute Gasteiger partial charge is 0.264 e. The molecular weight excluding hydrogens is 546 g/mol. The molecule has 0 bridgehead atoms. The molecule has 40 heavy (non-hydrogen) atoms. The van der Waals surface area contributed by atoms with Crippen LogP contribution in [0.1, 0.15) is 58.1 Å². The lowest BCUT2D eigenvalue weighted by Crippen LogP contribution is -2.52. The van der Waals surface area contributed by atoms with E-state index in [2.05, 4.69) is 19.2 Å². The summed E-state index contributed by atoms with van der Waals surface area (Å²) in [5.74, 6) is -0.556. The normalized spacial score (nSPS) is 13.0. The maximum atomic E-state index is 14.0. The van der Waals surface area contributed by atoms with Crippen LogP contribution < -0.4 is 9.62 Å². The number of rotatable bonds is 12. The molecule has 0 aliphatic rings. The molecule has 0 aliphatic carbocycles. The second kappa shape index (κ2) is 13.8. The molecular formula is C31H38ClN3O4S. The van der Waals surface area contributed by atoms with Crippen LogP contribution in [-0.4, -0.2) is 43.8 Å². The number of benzene rings is 3. The molecule has 0 saturated heterocycles. The van der Waals surface area contributed by atoms with Crippen molar-refractivity contribution in [1.82, 2.24) is 10.2 Å². The molecule has 0 aromatic heterocycles. The van der Waals surface area contributed by atoms with Crippen LogP contribution in [0.3, 0.4) is 0 Å². The quantitative estimate of drug-likeness (QED) is 0.284. The lowest BCUT2D eigenvalue weighted by molar-refractivity contribution is -0.139. The fourth-order valence-electron chi connectivity index (χ4n) is 4.11. The van der Waals surface area contributed by atoms with E-state index in [1.807, 2.05) is 26.0 Å². The van der Waals surface area contributed by atoms with E-state index in [0.717, 1.165) is 21.9 Å². The number of nitrogens with one attached hydrogen (secondary N) is 1. The zero-order valence-corrected chi connectivity index (χ0v) is 25.2. The summed E-state index contributed by atoms with van der Waals surface area (Å²) < 4.78 is 28.8. The van der Waals surface area contributed by atoms with E-state index in [9.17, 15) is 18.0 Å². The van der Waals surface area contributed by atoms with Crippen LogP contribution in [0.4, 0.5) is 5.69 Å². The molecule has 7 nitrogen and oxygen atoms in total. The number of hydrogen-bond acceptors (Lipinski definition) is 4. The highest BCUT2D eigenvalue weighted by atomic mass is 35.5. The molecule has 0 fully saturated rings. The van der Waals surface area contributed by atoms with Crippen LogP contribution in [0, 0.1) is 0 Å². The van der Waals surface area contributed by atoms with Crippen molar-refractivity contribution in [3.63, 3.8) is 0 Å².